The molecule has 2 rings (SSSR count). The molecule has 0 saturated heterocycles. The number of rotatable bonds is 8. The monoisotopic (exact) mass is 382 g/mol. The fourth-order valence-corrected chi connectivity index (χ4v) is 3.70. The van der Waals surface area contributed by atoms with Gasteiger partial charge in [-0.1, -0.05) is 78.6 Å². The molecule has 0 radical (unpaired) electrons. The van der Waals surface area contributed by atoms with Crippen LogP contribution in [-0.4, -0.2) is 6.16 Å². The lowest BCUT2D eigenvalue weighted by Gasteiger charge is -2.25. The lowest BCUT2D eigenvalue weighted by atomic mass is 9.81. The second-order valence-corrected chi connectivity index (χ2v) is 8.77. The first-order valence-corrected chi connectivity index (χ1v) is 10.3. The minimum absolute atomic E-state index is 0.112. The number of ether oxygens (including phenoxy) is 2. The lowest BCUT2D eigenvalue weighted by molar-refractivity contribution is 0.152. The Labute approximate surface area is 170 Å². The van der Waals surface area contributed by atoms with Crippen molar-refractivity contribution < 1.29 is 14.3 Å². The van der Waals surface area contributed by atoms with Crippen molar-refractivity contribution in [2.24, 2.45) is 0 Å². The van der Waals surface area contributed by atoms with Crippen LogP contribution in [0.2, 0.25) is 0 Å². The van der Waals surface area contributed by atoms with Crippen LogP contribution in [-0.2, 0) is 10.8 Å². The van der Waals surface area contributed by atoms with E-state index >= 15 is 0 Å². The van der Waals surface area contributed by atoms with Gasteiger partial charge in [0.25, 0.3) is 0 Å². The van der Waals surface area contributed by atoms with E-state index in [0.717, 1.165) is 25.7 Å². The Morgan fingerprint density at radius 1 is 0.679 bits per heavy atom. The van der Waals surface area contributed by atoms with Gasteiger partial charge in [-0.2, -0.15) is 0 Å². The van der Waals surface area contributed by atoms with Crippen LogP contribution in [0.5, 0.6) is 11.5 Å². The Kier molecular flexibility index (Phi) is 7.29. The van der Waals surface area contributed by atoms with Crippen LogP contribution in [0.4, 0.5) is 4.79 Å². The van der Waals surface area contributed by atoms with Gasteiger partial charge in [-0.05, 0) is 59.1 Å². The molecule has 0 aliphatic heterocycles. The van der Waals surface area contributed by atoms with Crippen molar-refractivity contribution in [3.63, 3.8) is 0 Å². The van der Waals surface area contributed by atoms with Gasteiger partial charge in [-0.25, -0.2) is 4.79 Å². The molecule has 28 heavy (non-hydrogen) atoms. The van der Waals surface area contributed by atoms with E-state index in [0.29, 0.717) is 11.5 Å². The summed E-state index contributed by atoms with van der Waals surface area (Å²) in [5.74, 6) is 0.975. The highest BCUT2D eigenvalue weighted by atomic mass is 16.7. The molecule has 0 heterocycles. The first-order chi connectivity index (χ1) is 13.2. The van der Waals surface area contributed by atoms with Gasteiger partial charge in [-0.15, -0.1) is 0 Å². The fraction of sp³-hybridized carbons (Fsp3) is 0.480. The van der Waals surface area contributed by atoms with Gasteiger partial charge >= 0.3 is 6.16 Å². The third-order valence-electron chi connectivity index (χ3n) is 5.42. The highest BCUT2D eigenvalue weighted by Crippen LogP contribution is 2.31. The van der Waals surface area contributed by atoms with Crippen LogP contribution < -0.4 is 9.47 Å². The second-order valence-electron chi connectivity index (χ2n) is 8.77. The van der Waals surface area contributed by atoms with Crippen LogP contribution >= 0.6 is 0 Å². The molecule has 2 aromatic carbocycles. The van der Waals surface area contributed by atoms with Crippen LogP contribution in [0.25, 0.3) is 0 Å². The average molecular weight is 383 g/mol. The van der Waals surface area contributed by atoms with Gasteiger partial charge in [-0.3, -0.25) is 0 Å². The standard InChI is InChI=1S/C25H34O3/c1-7-17-24(3,4)19-9-13-21(14-10-19)27-23(26)28-22-15-11-20(12-16-22)25(5,6)18-8-2/h9-16H,7-8,17-18H2,1-6H3. The second kappa shape index (κ2) is 9.27. The van der Waals surface area contributed by atoms with E-state index in [1.54, 1.807) is 0 Å². The molecule has 0 aromatic heterocycles. The Morgan fingerprint density at radius 2 is 1.00 bits per heavy atom. The number of benzene rings is 2. The molecule has 0 saturated carbocycles. The van der Waals surface area contributed by atoms with Gasteiger partial charge in [0.2, 0.25) is 0 Å². The molecular formula is C25H34O3. The summed E-state index contributed by atoms with van der Waals surface area (Å²) in [5, 5.41) is 0. The summed E-state index contributed by atoms with van der Waals surface area (Å²) in [5.41, 5.74) is 2.70. The summed E-state index contributed by atoms with van der Waals surface area (Å²) in [6, 6.07) is 15.4. The van der Waals surface area contributed by atoms with E-state index in [1.165, 1.54) is 11.1 Å². The van der Waals surface area contributed by atoms with Crippen LogP contribution in [0.3, 0.4) is 0 Å². The van der Waals surface area contributed by atoms with Gasteiger partial charge < -0.3 is 9.47 Å². The zero-order valence-corrected chi connectivity index (χ0v) is 18.2. The quantitative estimate of drug-likeness (QED) is 0.352. The highest BCUT2D eigenvalue weighted by Gasteiger charge is 2.20. The Balaban J connectivity index is 1.97. The molecule has 0 atom stereocenters. The summed E-state index contributed by atoms with van der Waals surface area (Å²) in [6.07, 6.45) is 3.76. The van der Waals surface area contributed by atoms with Crippen molar-refractivity contribution in [1.82, 2.24) is 0 Å². The van der Waals surface area contributed by atoms with Crippen LogP contribution in [0, 0.1) is 0 Å². The summed E-state index contributed by atoms with van der Waals surface area (Å²) in [6.45, 7) is 13.3. The highest BCUT2D eigenvalue weighted by molar-refractivity contribution is 5.67. The molecule has 0 aliphatic rings. The minimum Gasteiger partial charge on any atom is -0.395 e. The van der Waals surface area contributed by atoms with Gasteiger partial charge in [0.1, 0.15) is 11.5 Å². The molecule has 3 heteroatoms. The normalized spacial score (nSPS) is 11.9. The fourth-order valence-electron chi connectivity index (χ4n) is 3.70. The topological polar surface area (TPSA) is 35.5 Å². The van der Waals surface area contributed by atoms with E-state index < -0.39 is 6.16 Å². The summed E-state index contributed by atoms with van der Waals surface area (Å²) in [7, 11) is 0. The molecule has 2 aromatic rings. The molecule has 0 amide bonds. The van der Waals surface area contributed by atoms with E-state index in [-0.39, 0.29) is 10.8 Å². The smallest absolute Gasteiger partial charge is 0.395 e. The van der Waals surface area contributed by atoms with E-state index in [9.17, 15) is 4.79 Å². The molecule has 0 aliphatic carbocycles. The predicted octanol–water partition coefficient (Wildman–Crippen LogP) is 7.42. The van der Waals surface area contributed by atoms with Crippen LogP contribution in [0.15, 0.2) is 48.5 Å². The molecule has 0 spiro atoms. The van der Waals surface area contributed by atoms with Crippen LogP contribution in [0.1, 0.15) is 78.4 Å². The van der Waals surface area contributed by atoms with Crippen molar-refractivity contribution >= 4 is 6.16 Å². The zero-order valence-electron chi connectivity index (χ0n) is 18.2. The maximum absolute atomic E-state index is 12.1. The lowest BCUT2D eigenvalue weighted by Crippen LogP contribution is -2.17. The van der Waals surface area contributed by atoms with Gasteiger partial charge in [0.05, 0.1) is 0 Å². The van der Waals surface area contributed by atoms with Crippen molar-refractivity contribution in [3.8, 4) is 11.5 Å². The maximum Gasteiger partial charge on any atom is 0.519 e. The maximum atomic E-state index is 12.1. The van der Waals surface area contributed by atoms with E-state index in [2.05, 4.69) is 41.5 Å². The van der Waals surface area contributed by atoms with Crippen molar-refractivity contribution in [2.45, 2.75) is 78.1 Å². The third kappa shape index (κ3) is 5.85. The molecular weight excluding hydrogens is 348 g/mol. The Hall–Kier alpha value is -2.29. The molecule has 0 bridgehead atoms. The third-order valence-corrected chi connectivity index (χ3v) is 5.42. The molecule has 0 fully saturated rings. The summed E-state index contributed by atoms with van der Waals surface area (Å²) < 4.78 is 10.6. The Bertz CT molecular complexity index is 690. The minimum atomic E-state index is -0.721. The van der Waals surface area contributed by atoms with Crippen molar-refractivity contribution in [2.75, 3.05) is 0 Å². The number of hydrogen-bond acceptors (Lipinski definition) is 3. The molecule has 0 unspecified atom stereocenters. The Morgan fingerprint density at radius 3 is 1.29 bits per heavy atom. The molecule has 3 nitrogen and oxygen atoms in total. The van der Waals surface area contributed by atoms with Crippen molar-refractivity contribution in [3.05, 3.63) is 59.7 Å². The van der Waals surface area contributed by atoms with E-state index in [1.807, 2.05) is 48.5 Å². The average Bonchev–Trinajstić information content (AvgIpc) is 2.62. The van der Waals surface area contributed by atoms with Gasteiger partial charge in [0, 0.05) is 0 Å². The SMILES string of the molecule is CCCC(C)(C)c1ccc(OC(=O)Oc2ccc(C(C)(C)CCC)cc2)cc1. The largest absolute Gasteiger partial charge is 0.519 e. The van der Waals surface area contributed by atoms with E-state index in [4.69, 9.17) is 9.47 Å². The summed E-state index contributed by atoms with van der Waals surface area (Å²) >= 11 is 0. The first kappa shape index (κ1) is 22.0. The zero-order chi connectivity index (χ0) is 20.8. The predicted molar refractivity (Wildman–Crippen MR) is 115 cm³/mol. The number of carbonyl (C=O) groups is 1. The number of hydrogen-bond donors (Lipinski definition) is 0. The van der Waals surface area contributed by atoms with Gasteiger partial charge in [0.15, 0.2) is 0 Å². The molecule has 152 valence electrons. The summed E-state index contributed by atoms with van der Waals surface area (Å²) in [4.78, 5) is 12.1. The first-order valence-electron chi connectivity index (χ1n) is 10.3. The molecule has 0 N–H and O–H groups in total. The van der Waals surface area contributed by atoms with Crippen molar-refractivity contribution in [1.29, 1.82) is 0 Å². The number of carbonyl (C=O) groups excluding carboxylic acids is 1.